The van der Waals surface area contributed by atoms with E-state index in [2.05, 4.69) is 35.8 Å². The van der Waals surface area contributed by atoms with E-state index in [4.69, 9.17) is 4.74 Å². The fourth-order valence-corrected chi connectivity index (χ4v) is 1.35. The molecule has 0 aromatic heterocycles. The molecule has 0 heterocycles. The lowest BCUT2D eigenvalue weighted by atomic mass is 10.2. The summed E-state index contributed by atoms with van der Waals surface area (Å²) in [6.07, 6.45) is 0. The molecule has 0 fully saturated rings. The molecule has 0 aliphatic rings. The first-order valence-electron chi connectivity index (χ1n) is 5.10. The summed E-state index contributed by atoms with van der Waals surface area (Å²) in [5.74, 6) is 6.87. The van der Waals surface area contributed by atoms with Crippen LogP contribution in [0.3, 0.4) is 0 Å². The molecule has 0 N–H and O–H groups in total. The van der Waals surface area contributed by atoms with Gasteiger partial charge < -0.3 is 9.64 Å². The van der Waals surface area contributed by atoms with Crippen LogP contribution in [0.2, 0.25) is 0 Å². The van der Waals surface area contributed by atoms with Crippen LogP contribution in [0, 0.1) is 11.8 Å². The fourth-order valence-electron chi connectivity index (χ4n) is 1.35. The molecule has 0 spiro atoms. The maximum absolute atomic E-state index is 5.12. The summed E-state index contributed by atoms with van der Waals surface area (Å²) in [5.41, 5.74) is 1.18. The minimum Gasteiger partial charge on any atom is -0.497 e. The highest BCUT2D eigenvalue weighted by Crippen LogP contribution is 2.18. The summed E-state index contributed by atoms with van der Waals surface area (Å²) in [6.45, 7) is 5.73. The molecule has 0 atom stereocenters. The molecule has 0 aliphatic carbocycles. The van der Waals surface area contributed by atoms with Crippen molar-refractivity contribution in [3.05, 3.63) is 24.3 Å². The van der Waals surface area contributed by atoms with Gasteiger partial charge in [0.1, 0.15) is 5.75 Å². The van der Waals surface area contributed by atoms with Gasteiger partial charge in [-0.2, -0.15) is 0 Å². The fraction of sp³-hybridized carbons (Fsp3) is 0.385. The molecule has 1 rings (SSSR count). The third-order valence-electron chi connectivity index (χ3n) is 2.27. The van der Waals surface area contributed by atoms with Crippen molar-refractivity contribution in [1.29, 1.82) is 0 Å². The molecule has 1 aromatic rings. The van der Waals surface area contributed by atoms with Gasteiger partial charge in [-0.05, 0) is 38.1 Å². The zero-order valence-corrected chi connectivity index (χ0v) is 9.58. The van der Waals surface area contributed by atoms with Crippen LogP contribution in [0.1, 0.15) is 13.8 Å². The van der Waals surface area contributed by atoms with Crippen LogP contribution >= 0.6 is 0 Å². The standard InChI is InChI=1S/C13H17NO/c1-4-6-11-14(5-2)12-7-9-13(15-3)10-8-12/h7-10H,5,11H2,1-3H3. The molecular formula is C13H17NO. The predicted octanol–water partition coefficient (Wildman–Crippen LogP) is 2.54. The van der Waals surface area contributed by atoms with Gasteiger partial charge >= 0.3 is 0 Å². The van der Waals surface area contributed by atoms with Crippen LogP contribution in [0.4, 0.5) is 5.69 Å². The van der Waals surface area contributed by atoms with Crippen molar-refractivity contribution < 1.29 is 4.74 Å². The molecule has 80 valence electrons. The van der Waals surface area contributed by atoms with Crippen molar-refractivity contribution in [3.8, 4) is 17.6 Å². The minimum absolute atomic E-state index is 0.777. The molecule has 0 aliphatic heterocycles. The first-order valence-corrected chi connectivity index (χ1v) is 5.10. The van der Waals surface area contributed by atoms with Crippen molar-refractivity contribution in [2.24, 2.45) is 0 Å². The van der Waals surface area contributed by atoms with E-state index in [0.29, 0.717) is 0 Å². The third-order valence-corrected chi connectivity index (χ3v) is 2.27. The second-order valence-electron chi connectivity index (χ2n) is 3.14. The van der Waals surface area contributed by atoms with Crippen LogP contribution in [0.25, 0.3) is 0 Å². The van der Waals surface area contributed by atoms with Crippen LogP contribution < -0.4 is 9.64 Å². The molecule has 0 saturated heterocycles. The summed E-state index contributed by atoms with van der Waals surface area (Å²) in [7, 11) is 1.68. The van der Waals surface area contributed by atoms with Gasteiger partial charge in [0.2, 0.25) is 0 Å². The zero-order valence-electron chi connectivity index (χ0n) is 9.58. The Morgan fingerprint density at radius 3 is 2.40 bits per heavy atom. The largest absolute Gasteiger partial charge is 0.497 e. The monoisotopic (exact) mass is 203 g/mol. The molecule has 0 amide bonds. The normalized spacial score (nSPS) is 9.00. The predicted molar refractivity (Wildman–Crippen MR) is 64.3 cm³/mol. The molecule has 15 heavy (non-hydrogen) atoms. The van der Waals surface area contributed by atoms with E-state index in [-0.39, 0.29) is 0 Å². The average Bonchev–Trinajstić information content (AvgIpc) is 2.31. The van der Waals surface area contributed by atoms with Crippen molar-refractivity contribution in [2.45, 2.75) is 13.8 Å². The summed E-state index contributed by atoms with van der Waals surface area (Å²) in [5, 5.41) is 0. The highest BCUT2D eigenvalue weighted by Gasteiger charge is 2.01. The van der Waals surface area contributed by atoms with Gasteiger partial charge in [0, 0.05) is 12.2 Å². The SMILES string of the molecule is CC#CCN(CC)c1ccc(OC)cc1. The highest BCUT2D eigenvalue weighted by atomic mass is 16.5. The molecule has 0 unspecified atom stereocenters. The first-order chi connectivity index (χ1) is 7.31. The summed E-state index contributed by atoms with van der Waals surface area (Å²) >= 11 is 0. The number of hydrogen-bond acceptors (Lipinski definition) is 2. The van der Waals surface area contributed by atoms with Crippen LogP contribution in [-0.4, -0.2) is 20.2 Å². The summed E-state index contributed by atoms with van der Waals surface area (Å²) in [6, 6.07) is 8.05. The Morgan fingerprint density at radius 2 is 1.93 bits per heavy atom. The number of ether oxygens (including phenoxy) is 1. The number of benzene rings is 1. The Morgan fingerprint density at radius 1 is 1.27 bits per heavy atom. The number of methoxy groups -OCH3 is 1. The molecule has 0 bridgehead atoms. The highest BCUT2D eigenvalue weighted by molar-refractivity contribution is 5.49. The van der Waals surface area contributed by atoms with Gasteiger partial charge in [0.25, 0.3) is 0 Å². The average molecular weight is 203 g/mol. The Labute approximate surface area is 91.9 Å². The lowest BCUT2D eigenvalue weighted by Gasteiger charge is -2.20. The molecule has 2 nitrogen and oxygen atoms in total. The number of nitrogens with zero attached hydrogens (tertiary/aromatic N) is 1. The van der Waals surface area contributed by atoms with Crippen LogP contribution in [0.15, 0.2) is 24.3 Å². The number of anilines is 1. The van der Waals surface area contributed by atoms with E-state index in [0.717, 1.165) is 18.8 Å². The van der Waals surface area contributed by atoms with Crippen molar-refractivity contribution in [3.63, 3.8) is 0 Å². The van der Waals surface area contributed by atoms with Crippen molar-refractivity contribution in [2.75, 3.05) is 25.1 Å². The second kappa shape index (κ2) is 5.98. The zero-order chi connectivity index (χ0) is 11.1. The number of rotatable bonds is 4. The Bertz CT molecular complexity index is 345. The Kier molecular flexibility index (Phi) is 4.56. The summed E-state index contributed by atoms with van der Waals surface area (Å²) < 4.78 is 5.12. The van der Waals surface area contributed by atoms with Gasteiger partial charge in [0.05, 0.1) is 13.7 Å². The quantitative estimate of drug-likeness (QED) is 0.697. The molecule has 2 heteroatoms. The first kappa shape index (κ1) is 11.5. The molecule has 0 saturated carbocycles. The Hall–Kier alpha value is -1.62. The van der Waals surface area contributed by atoms with E-state index in [1.165, 1.54) is 5.69 Å². The van der Waals surface area contributed by atoms with E-state index >= 15 is 0 Å². The van der Waals surface area contributed by atoms with Gasteiger partial charge in [-0.25, -0.2) is 0 Å². The summed E-state index contributed by atoms with van der Waals surface area (Å²) in [4.78, 5) is 2.22. The maximum Gasteiger partial charge on any atom is 0.119 e. The van der Waals surface area contributed by atoms with E-state index in [1.54, 1.807) is 7.11 Å². The van der Waals surface area contributed by atoms with Crippen LogP contribution in [0.5, 0.6) is 5.75 Å². The van der Waals surface area contributed by atoms with Gasteiger partial charge in [0.15, 0.2) is 0 Å². The topological polar surface area (TPSA) is 12.5 Å². The maximum atomic E-state index is 5.12. The van der Waals surface area contributed by atoms with E-state index in [1.807, 2.05) is 19.1 Å². The lowest BCUT2D eigenvalue weighted by Crippen LogP contribution is -2.22. The smallest absolute Gasteiger partial charge is 0.119 e. The minimum atomic E-state index is 0.777. The van der Waals surface area contributed by atoms with E-state index in [9.17, 15) is 0 Å². The lowest BCUT2D eigenvalue weighted by molar-refractivity contribution is 0.415. The molecular weight excluding hydrogens is 186 g/mol. The second-order valence-corrected chi connectivity index (χ2v) is 3.14. The van der Waals surface area contributed by atoms with Gasteiger partial charge in [-0.1, -0.05) is 5.92 Å². The molecule has 1 aromatic carbocycles. The van der Waals surface area contributed by atoms with Crippen LogP contribution in [-0.2, 0) is 0 Å². The molecule has 0 radical (unpaired) electrons. The number of hydrogen-bond donors (Lipinski definition) is 0. The van der Waals surface area contributed by atoms with Crippen molar-refractivity contribution >= 4 is 5.69 Å². The van der Waals surface area contributed by atoms with Gasteiger partial charge in [-0.3, -0.25) is 0 Å². The Balaban J connectivity index is 2.76. The van der Waals surface area contributed by atoms with E-state index < -0.39 is 0 Å². The van der Waals surface area contributed by atoms with Crippen molar-refractivity contribution in [1.82, 2.24) is 0 Å². The van der Waals surface area contributed by atoms with Gasteiger partial charge in [-0.15, -0.1) is 5.92 Å². The third kappa shape index (κ3) is 3.21.